The van der Waals surface area contributed by atoms with E-state index in [1.165, 1.54) is 26.0 Å². The summed E-state index contributed by atoms with van der Waals surface area (Å²) in [6, 6.07) is 0.579. The standard InChI is InChI=1S/C12H17N3O3/c1-8(16)10-7-13-12(18)15(11(10)17)6-5-14(2)9-3-4-9/h7,9H,3-6H2,1-2H3,(H,13,18). The van der Waals surface area contributed by atoms with Gasteiger partial charge in [0.2, 0.25) is 0 Å². The fourth-order valence-electron chi connectivity index (χ4n) is 1.92. The quantitative estimate of drug-likeness (QED) is 0.737. The molecule has 98 valence electrons. The van der Waals surface area contributed by atoms with E-state index in [1.807, 2.05) is 7.05 Å². The maximum atomic E-state index is 11.9. The third kappa shape index (κ3) is 2.59. The molecule has 0 unspecified atom stereocenters. The highest BCUT2D eigenvalue weighted by Gasteiger charge is 2.25. The summed E-state index contributed by atoms with van der Waals surface area (Å²) in [5, 5.41) is 0. The van der Waals surface area contributed by atoms with Gasteiger partial charge in [-0.15, -0.1) is 0 Å². The van der Waals surface area contributed by atoms with E-state index >= 15 is 0 Å². The number of hydrogen-bond acceptors (Lipinski definition) is 4. The first-order chi connectivity index (χ1) is 8.50. The molecule has 0 spiro atoms. The minimum Gasteiger partial charge on any atom is -0.313 e. The monoisotopic (exact) mass is 251 g/mol. The molecular weight excluding hydrogens is 234 g/mol. The first kappa shape index (κ1) is 12.8. The van der Waals surface area contributed by atoms with E-state index in [2.05, 4.69) is 9.88 Å². The maximum Gasteiger partial charge on any atom is 0.328 e. The molecule has 1 N–H and O–H groups in total. The fraction of sp³-hybridized carbons (Fsp3) is 0.583. The Hall–Kier alpha value is -1.69. The van der Waals surface area contributed by atoms with Gasteiger partial charge in [0.05, 0.1) is 5.56 Å². The van der Waals surface area contributed by atoms with Gasteiger partial charge in [0.15, 0.2) is 5.78 Å². The summed E-state index contributed by atoms with van der Waals surface area (Å²) in [5.41, 5.74) is -0.937. The highest BCUT2D eigenvalue weighted by atomic mass is 16.2. The summed E-state index contributed by atoms with van der Waals surface area (Å²) < 4.78 is 1.09. The molecular formula is C12H17N3O3. The van der Waals surface area contributed by atoms with Gasteiger partial charge in [0.25, 0.3) is 5.56 Å². The minimum atomic E-state index is -0.504. The van der Waals surface area contributed by atoms with Crippen molar-refractivity contribution in [1.29, 1.82) is 0 Å². The summed E-state index contributed by atoms with van der Waals surface area (Å²) >= 11 is 0. The summed E-state index contributed by atoms with van der Waals surface area (Å²) in [4.78, 5) is 39.3. The van der Waals surface area contributed by atoms with Gasteiger partial charge in [0, 0.05) is 25.3 Å². The lowest BCUT2D eigenvalue weighted by Crippen LogP contribution is -2.40. The van der Waals surface area contributed by atoms with Crippen LogP contribution in [-0.4, -0.2) is 39.9 Å². The summed E-state index contributed by atoms with van der Waals surface area (Å²) in [7, 11) is 1.98. The lowest BCUT2D eigenvalue weighted by atomic mass is 10.2. The van der Waals surface area contributed by atoms with Crippen LogP contribution in [0.25, 0.3) is 0 Å². The number of ketones is 1. The zero-order valence-corrected chi connectivity index (χ0v) is 10.6. The molecule has 0 radical (unpaired) electrons. The van der Waals surface area contributed by atoms with Crippen molar-refractivity contribution in [1.82, 2.24) is 14.5 Å². The Morgan fingerprint density at radius 1 is 1.50 bits per heavy atom. The van der Waals surface area contributed by atoms with Gasteiger partial charge in [-0.3, -0.25) is 14.2 Å². The van der Waals surface area contributed by atoms with Gasteiger partial charge in [-0.05, 0) is 26.8 Å². The molecule has 1 aromatic rings. The number of carbonyl (C=O) groups is 1. The van der Waals surface area contributed by atoms with Crippen molar-refractivity contribution in [3.05, 3.63) is 32.6 Å². The number of nitrogens with zero attached hydrogens (tertiary/aromatic N) is 2. The third-order valence-corrected chi connectivity index (χ3v) is 3.29. The van der Waals surface area contributed by atoms with Crippen molar-refractivity contribution in [3.8, 4) is 0 Å². The number of H-pyrrole nitrogens is 1. The van der Waals surface area contributed by atoms with E-state index in [1.54, 1.807) is 0 Å². The summed E-state index contributed by atoms with van der Waals surface area (Å²) in [6.45, 7) is 2.26. The number of aromatic nitrogens is 2. The maximum absolute atomic E-state index is 11.9. The number of nitrogens with one attached hydrogen (secondary N) is 1. The van der Waals surface area contributed by atoms with Crippen LogP contribution in [0.15, 0.2) is 15.8 Å². The average Bonchev–Trinajstić information content (AvgIpc) is 3.11. The highest BCUT2D eigenvalue weighted by molar-refractivity contribution is 5.93. The fourth-order valence-corrected chi connectivity index (χ4v) is 1.92. The number of hydrogen-bond donors (Lipinski definition) is 1. The summed E-state index contributed by atoms with van der Waals surface area (Å²) in [6.07, 6.45) is 3.54. The van der Waals surface area contributed by atoms with E-state index in [0.29, 0.717) is 19.1 Å². The van der Waals surface area contributed by atoms with Crippen molar-refractivity contribution in [2.45, 2.75) is 32.4 Å². The van der Waals surface area contributed by atoms with Crippen LogP contribution in [0, 0.1) is 0 Å². The van der Waals surface area contributed by atoms with E-state index < -0.39 is 11.2 Å². The van der Waals surface area contributed by atoms with E-state index in [4.69, 9.17) is 0 Å². The molecule has 0 saturated heterocycles. The molecule has 6 heteroatoms. The Kier molecular flexibility index (Phi) is 3.47. The lowest BCUT2D eigenvalue weighted by Gasteiger charge is -2.15. The molecule has 0 bridgehead atoms. The number of likely N-dealkylation sites (N-methyl/N-ethyl adjacent to an activating group) is 1. The Bertz CT molecular complexity index is 569. The van der Waals surface area contributed by atoms with Crippen LogP contribution in [0.2, 0.25) is 0 Å². The molecule has 6 nitrogen and oxygen atoms in total. The smallest absolute Gasteiger partial charge is 0.313 e. The van der Waals surface area contributed by atoms with Gasteiger partial charge < -0.3 is 9.88 Å². The summed E-state index contributed by atoms with van der Waals surface area (Å²) in [5.74, 6) is -0.333. The molecule has 0 aromatic carbocycles. The molecule has 18 heavy (non-hydrogen) atoms. The Balaban J connectivity index is 2.20. The van der Waals surface area contributed by atoms with Crippen LogP contribution in [0.4, 0.5) is 0 Å². The molecule has 0 aliphatic heterocycles. The number of aromatic amines is 1. The zero-order chi connectivity index (χ0) is 13.3. The number of Topliss-reactive ketones (excluding diaryl/α,β-unsaturated/α-hetero) is 1. The topological polar surface area (TPSA) is 75.2 Å². The van der Waals surface area contributed by atoms with Crippen molar-refractivity contribution in [2.75, 3.05) is 13.6 Å². The highest BCUT2D eigenvalue weighted by Crippen LogP contribution is 2.24. The van der Waals surface area contributed by atoms with Gasteiger partial charge in [-0.2, -0.15) is 0 Å². The van der Waals surface area contributed by atoms with Crippen molar-refractivity contribution < 1.29 is 4.79 Å². The second-order valence-corrected chi connectivity index (χ2v) is 4.73. The molecule has 0 amide bonds. The van der Waals surface area contributed by atoms with Crippen LogP contribution in [0.3, 0.4) is 0 Å². The van der Waals surface area contributed by atoms with Crippen molar-refractivity contribution in [2.24, 2.45) is 0 Å². The van der Waals surface area contributed by atoms with Crippen LogP contribution < -0.4 is 11.2 Å². The zero-order valence-electron chi connectivity index (χ0n) is 10.6. The number of carbonyl (C=O) groups excluding carboxylic acids is 1. The number of rotatable bonds is 5. The lowest BCUT2D eigenvalue weighted by molar-refractivity contribution is 0.101. The van der Waals surface area contributed by atoms with Crippen molar-refractivity contribution in [3.63, 3.8) is 0 Å². The first-order valence-corrected chi connectivity index (χ1v) is 6.04. The van der Waals surface area contributed by atoms with E-state index in [-0.39, 0.29) is 11.3 Å². The first-order valence-electron chi connectivity index (χ1n) is 6.04. The van der Waals surface area contributed by atoms with Crippen LogP contribution in [-0.2, 0) is 6.54 Å². The molecule has 1 saturated carbocycles. The molecule has 0 atom stereocenters. The Morgan fingerprint density at radius 2 is 2.17 bits per heavy atom. The van der Waals surface area contributed by atoms with Gasteiger partial charge in [-0.25, -0.2) is 4.79 Å². The van der Waals surface area contributed by atoms with Gasteiger partial charge in [-0.1, -0.05) is 0 Å². The van der Waals surface area contributed by atoms with E-state index in [9.17, 15) is 14.4 Å². The van der Waals surface area contributed by atoms with Crippen LogP contribution in [0.5, 0.6) is 0 Å². The SMILES string of the molecule is CC(=O)c1c[nH]c(=O)n(CCN(C)C2CC2)c1=O. The van der Waals surface area contributed by atoms with Gasteiger partial charge in [0.1, 0.15) is 0 Å². The second kappa shape index (κ2) is 4.89. The van der Waals surface area contributed by atoms with Crippen LogP contribution >= 0.6 is 0 Å². The molecule has 1 fully saturated rings. The Morgan fingerprint density at radius 3 is 2.72 bits per heavy atom. The predicted molar refractivity (Wildman–Crippen MR) is 67.0 cm³/mol. The van der Waals surface area contributed by atoms with Gasteiger partial charge >= 0.3 is 5.69 Å². The average molecular weight is 251 g/mol. The molecule has 1 aliphatic carbocycles. The van der Waals surface area contributed by atoms with E-state index in [0.717, 1.165) is 4.57 Å². The third-order valence-electron chi connectivity index (χ3n) is 3.29. The van der Waals surface area contributed by atoms with Crippen molar-refractivity contribution >= 4 is 5.78 Å². The predicted octanol–water partition coefficient (Wildman–Crippen LogP) is -0.167. The molecule has 1 aliphatic rings. The van der Waals surface area contributed by atoms with Crippen LogP contribution in [0.1, 0.15) is 30.1 Å². The Labute approximate surface area is 104 Å². The second-order valence-electron chi connectivity index (χ2n) is 4.73. The minimum absolute atomic E-state index is 0.0312. The molecule has 2 rings (SSSR count). The molecule has 1 heterocycles. The molecule has 1 aromatic heterocycles. The largest absolute Gasteiger partial charge is 0.328 e. The normalized spacial score (nSPS) is 15.1.